The van der Waals surface area contributed by atoms with Crippen LogP contribution in [0.2, 0.25) is 0 Å². The molecule has 27 N–H and O–H groups in total. The molecule has 1 saturated heterocycles. The van der Waals surface area contributed by atoms with Gasteiger partial charge in [-0.2, -0.15) is 0 Å². The van der Waals surface area contributed by atoms with Crippen LogP contribution in [0.15, 0.2) is 78.9 Å². The lowest BCUT2D eigenvalue weighted by Crippen LogP contribution is -2.61. The van der Waals surface area contributed by atoms with Crippen LogP contribution in [0.3, 0.4) is 0 Å². The van der Waals surface area contributed by atoms with Crippen molar-refractivity contribution in [1.29, 1.82) is 5.41 Å². The number of amides is 16. The summed E-state index contributed by atoms with van der Waals surface area (Å²) >= 11 is 0. The Balaban J connectivity index is 1.45. The van der Waals surface area contributed by atoms with Gasteiger partial charge in [0.25, 0.3) is 0 Å². The molecule has 0 unspecified atom stereocenters. The second-order valence-electron chi connectivity index (χ2n) is 31.9. The van der Waals surface area contributed by atoms with E-state index >= 15 is 0 Å². The first kappa shape index (κ1) is 104. The monoisotopic (exact) mass is 1750 g/mol. The predicted octanol–water partition coefficient (Wildman–Crippen LogP) is -4.98. The van der Waals surface area contributed by atoms with Crippen molar-refractivity contribution in [3.05, 3.63) is 95.6 Å². The molecule has 125 heavy (non-hydrogen) atoms. The molecule has 0 bridgehead atoms. The number of carboxylic acid groups (broad SMARTS) is 2. The number of phenolic OH excluding ortho intramolecular Hbond substituents is 2. The SMILES string of the molecule is CC[C@H](C)[C@H](NC(=O)[C@H](CC(C)C)NC(=O)CNC(=O)CNC(=O)[C@H](CC(C)C)NC(=O)[C@H](C)NC(=O)CNC(=O)[C@H](CO)NC(=O)[C@@H](N)CCCNC(=N)N)C(=O)N1CCC[C@H]1C(=O)N[C@@H](CC(C)C)C(=O)N[C@@H](CC(N)=O)C(=O)N[C@@H](Cc1ccc(O)cc1)C(=O)N[C@@H](Cc1ccccc1)C(=O)N[C@@H](CC(=O)O)C(=O)N[C@@H](Cc1ccc(O)cc1)C(=O)O. The van der Waals surface area contributed by atoms with Crippen molar-refractivity contribution < 1.29 is 112 Å². The Morgan fingerprint density at radius 2 is 0.872 bits per heavy atom. The van der Waals surface area contributed by atoms with E-state index in [2.05, 4.69) is 79.8 Å². The average Bonchev–Trinajstić information content (AvgIpc) is 1.72. The molecule has 3 aromatic carbocycles. The van der Waals surface area contributed by atoms with Gasteiger partial charge in [-0.1, -0.05) is 116 Å². The lowest BCUT2D eigenvalue weighted by atomic mass is 9.96. The molecule has 0 radical (unpaired) electrons. The van der Waals surface area contributed by atoms with Gasteiger partial charge in [0.2, 0.25) is 94.5 Å². The Morgan fingerprint density at radius 3 is 1.36 bits per heavy atom. The van der Waals surface area contributed by atoms with Crippen LogP contribution < -0.4 is 97.0 Å². The summed E-state index contributed by atoms with van der Waals surface area (Å²) < 4.78 is 0. The molecular formula is C82H122N20O23. The van der Waals surface area contributed by atoms with E-state index in [9.17, 15) is 112 Å². The zero-order chi connectivity index (χ0) is 93.5. The van der Waals surface area contributed by atoms with Crippen LogP contribution in [0.1, 0.15) is 143 Å². The Kier molecular flexibility index (Phi) is 43.7. The number of carbonyl (C=O) groups is 18. The van der Waals surface area contributed by atoms with E-state index in [4.69, 9.17) is 22.6 Å². The Hall–Kier alpha value is -13.1. The number of guanidine groups is 1. The number of aromatic hydroxyl groups is 2. The third kappa shape index (κ3) is 37.7. The maximum atomic E-state index is 14.9. The smallest absolute Gasteiger partial charge is 0.326 e. The lowest BCUT2D eigenvalue weighted by Gasteiger charge is -2.33. The van der Waals surface area contributed by atoms with Crippen LogP contribution in [0.4, 0.5) is 0 Å². The van der Waals surface area contributed by atoms with Crippen LogP contribution >= 0.6 is 0 Å². The summed E-state index contributed by atoms with van der Waals surface area (Å²) in [6.07, 6.45) is -1.94. The Labute approximate surface area is 722 Å². The van der Waals surface area contributed by atoms with Gasteiger partial charge < -0.3 is 127 Å². The molecule has 16 amide bonds. The second kappa shape index (κ2) is 52.4. The van der Waals surface area contributed by atoms with Gasteiger partial charge in [-0.05, 0) is 116 Å². The van der Waals surface area contributed by atoms with Gasteiger partial charge in [0.15, 0.2) is 5.96 Å². The third-order valence-electron chi connectivity index (χ3n) is 19.8. The molecule has 0 aliphatic carbocycles. The number of aliphatic hydroxyl groups is 1. The van der Waals surface area contributed by atoms with E-state index in [1.807, 2.05) is 0 Å². The van der Waals surface area contributed by atoms with Crippen molar-refractivity contribution in [2.45, 2.75) is 224 Å². The highest BCUT2D eigenvalue weighted by Crippen LogP contribution is 2.24. The number of primary amides is 1. The lowest BCUT2D eigenvalue weighted by molar-refractivity contribution is -0.144. The standard InChI is InChI=1S/C82H122N20O23/c1-10-45(8)68(101-78(121)54(31-43(4)5)92-66(109)39-88-64(107)38-89-71(114)53(30-42(2)3)93-69(112)46(9)91-65(108)40-90-72(115)61(41-103)100-70(113)52(83)18-14-28-87-82(85)86)80(123)102-29-15-19-62(102)79(122)98-55(32-44(6)7)73(116)96-58(36-63(84)106)76(119)95-57(34-48-20-24-50(104)25-21-48)74(117)94-56(33-47-16-12-11-13-17-47)75(118)97-59(37-67(110)111)77(120)99-60(81(124)125)35-49-22-26-51(105)27-23-49/h11-13,16-17,20-27,42-46,52-62,68,103-105H,10,14-15,18-19,28-41,83H2,1-9H3,(H2,84,106)(H,88,107)(H,89,114)(H,90,115)(H,91,108)(H,92,109)(H,93,112)(H,94,117)(H,95,119)(H,96,116)(H,97,118)(H,98,122)(H,99,120)(H,100,113)(H,101,121)(H,110,111)(H,124,125)(H4,85,86,87)/t45-,46-,52-,53-,54-,55-,56-,57-,58-,59-,60-,61-,62-,68-/m0/s1. The number of phenols is 2. The number of hydrogen-bond donors (Lipinski definition) is 24. The number of carbonyl (C=O) groups excluding carboxylic acids is 16. The van der Waals surface area contributed by atoms with Crippen molar-refractivity contribution in [2.24, 2.45) is 40.9 Å². The van der Waals surface area contributed by atoms with Gasteiger partial charge >= 0.3 is 11.9 Å². The first-order valence-corrected chi connectivity index (χ1v) is 41.1. The van der Waals surface area contributed by atoms with E-state index in [0.29, 0.717) is 29.5 Å². The molecule has 0 saturated carbocycles. The first-order chi connectivity index (χ1) is 58.9. The number of hydrogen-bond acceptors (Lipinski definition) is 23. The number of rotatable bonds is 53. The van der Waals surface area contributed by atoms with Crippen molar-refractivity contribution in [1.82, 2.24) is 84.7 Å². The normalized spacial score (nSPS) is 15.4. The van der Waals surface area contributed by atoms with Gasteiger partial charge in [-0.3, -0.25) is 86.9 Å². The highest BCUT2D eigenvalue weighted by atomic mass is 16.4. The largest absolute Gasteiger partial charge is 0.508 e. The molecule has 1 aliphatic rings. The van der Waals surface area contributed by atoms with E-state index < -0.39 is 236 Å². The fourth-order valence-electron chi connectivity index (χ4n) is 13.0. The number of nitrogens with two attached hydrogens (primary N) is 3. The topological polar surface area (TPSA) is 694 Å². The summed E-state index contributed by atoms with van der Waals surface area (Å²) in [5, 5.41) is 93.7. The van der Waals surface area contributed by atoms with Gasteiger partial charge in [-0.25, -0.2) is 4.79 Å². The van der Waals surface area contributed by atoms with E-state index in [1.165, 1.54) is 60.4 Å². The second-order valence-corrected chi connectivity index (χ2v) is 31.9. The predicted molar refractivity (Wildman–Crippen MR) is 450 cm³/mol. The van der Waals surface area contributed by atoms with Gasteiger partial charge in [0.1, 0.15) is 84.0 Å². The molecule has 1 aliphatic heterocycles. The number of benzene rings is 3. The zero-order valence-corrected chi connectivity index (χ0v) is 71.5. The molecule has 3 aromatic rings. The minimum atomic E-state index is -1.95. The molecule has 0 aromatic heterocycles. The van der Waals surface area contributed by atoms with Crippen molar-refractivity contribution in [3.8, 4) is 11.5 Å². The molecule has 0 spiro atoms. The third-order valence-corrected chi connectivity index (χ3v) is 19.8. The Bertz CT molecular complexity index is 4230. The van der Waals surface area contributed by atoms with E-state index in [0.717, 1.165) is 0 Å². The minimum absolute atomic E-state index is 0.00459. The minimum Gasteiger partial charge on any atom is -0.508 e. The highest BCUT2D eigenvalue weighted by Gasteiger charge is 2.43. The molecular weight excluding hydrogens is 1630 g/mol. The average molecular weight is 1760 g/mol. The summed E-state index contributed by atoms with van der Waals surface area (Å²) in [6, 6.07) is -0.694. The van der Waals surface area contributed by atoms with E-state index in [1.54, 1.807) is 85.7 Å². The number of nitrogens with one attached hydrogen (secondary N) is 16. The summed E-state index contributed by atoms with van der Waals surface area (Å²) in [7, 11) is 0. The fraction of sp³-hybridized carbons (Fsp3) is 0.549. The van der Waals surface area contributed by atoms with Crippen LogP contribution in [-0.2, 0) is 106 Å². The first-order valence-electron chi connectivity index (χ1n) is 41.1. The Morgan fingerprint density at radius 1 is 0.456 bits per heavy atom. The van der Waals surface area contributed by atoms with Crippen molar-refractivity contribution in [2.75, 3.05) is 39.3 Å². The molecule has 1 fully saturated rings. The number of nitrogens with zero attached hydrogens (tertiary/aromatic N) is 1. The number of likely N-dealkylation sites (tertiary alicyclic amines) is 1. The van der Waals surface area contributed by atoms with Gasteiger partial charge in [0, 0.05) is 32.4 Å². The summed E-state index contributed by atoms with van der Waals surface area (Å²) in [6.45, 7) is 12.5. The number of carboxylic acids is 2. The molecule has 688 valence electrons. The van der Waals surface area contributed by atoms with Crippen molar-refractivity contribution in [3.63, 3.8) is 0 Å². The molecule has 43 heteroatoms. The maximum Gasteiger partial charge on any atom is 0.326 e. The van der Waals surface area contributed by atoms with Crippen LogP contribution in [0, 0.1) is 29.1 Å². The summed E-state index contributed by atoms with van der Waals surface area (Å²) in [5.41, 5.74) is 17.9. The zero-order valence-electron chi connectivity index (χ0n) is 71.5. The molecule has 4 rings (SSSR count). The van der Waals surface area contributed by atoms with Crippen molar-refractivity contribution >= 4 is 112 Å². The molecule has 14 atom stereocenters. The fourth-order valence-corrected chi connectivity index (χ4v) is 13.0. The van der Waals surface area contributed by atoms with Gasteiger partial charge in [-0.15, -0.1) is 0 Å². The summed E-state index contributed by atoms with van der Waals surface area (Å²) in [5.74, 6) is -20.2. The van der Waals surface area contributed by atoms with Crippen LogP contribution in [0.5, 0.6) is 11.5 Å². The van der Waals surface area contributed by atoms with E-state index in [-0.39, 0.29) is 99.7 Å². The number of aliphatic hydroxyl groups excluding tert-OH is 1. The quantitative estimate of drug-likeness (QED) is 0.0143. The highest BCUT2D eigenvalue weighted by molar-refractivity contribution is 6.01. The summed E-state index contributed by atoms with van der Waals surface area (Å²) in [4.78, 5) is 247. The molecule has 1 heterocycles. The van der Waals surface area contributed by atoms with Gasteiger partial charge in [0.05, 0.1) is 45.1 Å². The van der Waals surface area contributed by atoms with Crippen LogP contribution in [0.25, 0.3) is 0 Å². The molecule has 43 nitrogen and oxygen atoms in total. The van der Waals surface area contributed by atoms with Crippen LogP contribution in [-0.4, -0.2) is 261 Å². The maximum absolute atomic E-state index is 14.9. The number of aliphatic carboxylic acids is 2.